The molecule has 2 amide bonds. The second-order valence-corrected chi connectivity index (χ2v) is 4.35. The summed E-state index contributed by atoms with van der Waals surface area (Å²) in [6.07, 6.45) is 1.58. The molecule has 2 rings (SSSR count). The number of carbonyl (C=O) groups is 3. The van der Waals surface area contributed by atoms with Crippen molar-refractivity contribution in [1.29, 1.82) is 0 Å². The van der Waals surface area contributed by atoms with E-state index in [0.717, 1.165) is 5.56 Å². The molecular formula is C16H23NO4. The zero-order valence-electron chi connectivity index (χ0n) is 12.8. The van der Waals surface area contributed by atoms with Crippen LogP contribution in [0.5, 0.6) is 0 Å². The van der Waals surface area contributed by atoms with Crippen molar-refractivity contribution in [2.24, 2.45) is 0 Å². The minimum Gasteiger partial charge on any atom is -0.481 e. The second-order valence-electron chi connectivity index (χ2n) is 4.35. The Labute approximate surface area is 125 Å². The third-order valence-electron chi connectivity index (χ3n) is 2.61. The highest BCUT2D eigenvalue weighted by Gasteiger charge is 2.15. The molecule has 0 atom stereocenters. The highest BCUT2D eigenvalue weighted by Crippen LogP contribution is 2.05. The van der Waals surface area contributed by atoms with E-state index in [2.05, 4.69) is 5.32 Å². The summed E-state index contributed by atoms with van der Waals surface area (Å²) in [7, 11) is 0. The van der Waals surface area contributed by atoms with Crippen LogP contribution in [-0.2, 0) is 20.8 Å². The predicted molar refractivity (Wildman–Crippen MR) is 80.9 cm³/mol. The normalized spacial score (nSPS) is 12.5. The van der Waals surface area contributed by atoms with E-state index in [1.165, 1.54) is 5.56 Å². The summed E-state index contributed by atoms with van der Waals surface area (Å²) >= 11 is 0. The molecule has 2 N–H and O–H groups in total. The molecule has 1 aromatic rings. The quantitative estimate of drug-likeness (QED) is 0.839. The van der Waals surface area contributed by atoms with E-state index in [-0.39, 0.29) is 18.2 Å². The van der Waals surface area contributed by atoms with Crippen molar-refractivity contribution in [3.63, 3.8) is 0 Å². The van der Waals surface area contributed by atoms with Crippen molar-refractivity contribution in [3.05, 3.63) is 35.4 Å². The third kappa shape index (κ3) is 9.38. The van der Waals surface area contributed by atoms with Gasteiger partial charge in [0.05, 0.1) is 0 Å². The first-order chi connectivity index (χ1) is 9.97. The van der Waals surface area contributed by atoms with Crippen molar-refractivity contribution in [3.8, 4) is 0 Å². The Morgan fingerprint density at radius 2 is 1.57 bits per heavy atom. The fraction of sp³-hybridized carbons (Fsp3) is 0.438. The van der Waals surface area contributed by atoms with Crippen LogP contribution < -0.4 is 5.32 Å². The van der Waals surface area contributed by atoms with Crippen LogP contribution in [0.1, 0.15) is 44.2 Å². The third-order valence-corrected chi connectivity index (χ3v) is 2.61. The molecule has 0 radical (unpaired) electrons. The van der Waals surface area contributed by atoms with Crippen molar-refractivity contribution in [1.82, 2.24) is 5.32 Å². The van der Waals surface area contributed by atoms with Crippen molar-refractivity contribution < 1.29 is 19.5 Å². The molecule has 0 unspecified atom stereocenters. The van der Waals surface area contributed by atoms with Gasteiger partial charge in [-0.05, 0) is 18.9 Å². The lowest BCUT2D eigenvalue weighted by atomic mass is 10.1. The molecule has 0 spiro atoms. The molecule has 1 aliphatic heterocycles. The van der Waals surface area contributed by atoms with E-state index >= 15 is 0 Å². The van der Waals surface area contributed by atoms with Crippen molar-refractivity contribution in [2.45, 2.75) is 46.5 Å². The van der Waals surface area contributed by atoms with Crippen LogP contribution in [0.4, 0.5) is 0 Å². The molecule has 1 aromatic carbocycles. The van der Waals surface area contributed by atoms with Gasteiger partial charge in [0.25, 0.3) is 0 Å². The molecule has 5 nitrogen and oxygen atoms in total. The van der Waals surface area contributed by atoms with Crippen molar-refractivity contribution in [2.75, 3.05) is 0 Å². The van der Waals surface area contributed by atoms with Crippen LogP contribution >= 0.6 is 0 Å². The Bertz CT molecular complexity index is 452. The predicted octanol–water partition coefficient (Wildman–Crippen LogP) is 2.46. The maximum atomic E-state index is 10.2. The number of hydrogen-bond acceptors (Lipinski definition) is 3. The van der Waals surface area contributed by atoms with Gasteiger partial charge in [0, 0.05) is 19.3 Å². The van der Waals surface area contributed by atoms with Gasteiger partial charge in [-0.25, -0.2) is 0 Å². The lowest BCUT2D eigenvalue weighted by Gasteiger charge is -1.98. The minimum atomic E-state index is -0.740. The van der Waals surface area contributed by atoms with Gasteiger partial charge < -0.3 is 5.11 Å². The summed E-state index contributed by atoms with van der Waals surface area (Å²) in [5, 5.41) is 10.6. The van der Waals surface area contributed by atoms with E-state index < -0.39 is 5.97 Å². The Morgan fingerprint density at radius 1 is 1.10 bits per heavy atom. The van der Waals surface area contributed by atoms with Crippen LogP contribution in [0.3, 0.4) is 0 Å². The average molecular weight is 293 g/mol. The number of hydrogen-bond donors (Lipinski definition) is 2. The lowest BCUT2D eigenvalue weighted by Crippen LogP contribution is -2.18. The topological polar surface area (TPSA) is 83.5 Å². The van der Waals surface area contributed by atoms with Gasteiger partial charge in [-0.15, -0.1) is 0 Å². The Balaban J connectivity index is 0.000000377. The molecule has 0 aliphatic carbocycles. The molecule has 0 saturated carbocycles. The maximum Gasteiger partial charge on any atom is 0.303 e. The number of nitrogens with one attached hydrogen (secondary N) is 1. The second kappa shape index (κ2) is 10.6. The van der Waals surface area contributed by atoms with Crippen LogP contribution in [0.2, 0.25) is 0 Å². The van der Waals surface area contributed by atoms with Crippen LogP contribution in [-0.4, -0.2) is 22.9 Å². The molecule has 1 aliphatic rings. The number of aryl methyl sites for hydroxylation is 2. The molecule has 116 valence electrons. The standard InChI is InChI=1S/C10H12O2.C4H5NO2.C2H6/c1-8-2-4-9(5-3-8)6-7-10(11)12;6-3-1-2-4(7)5-3;1-2/h2-5H,6-7H2,1H3,(H,11,12);1-2H2,(H,5,6,7);1-2H3. The van der Waals surface area contributed by atoms with E-state index in [9.17, 15) is 14.4 Å². The first-order valence-electron chi connectivity index (χ1n) is 7.07. The fourth-order valence-corrected chi connectivity index (χ4v) is 1.51. The number of amides is 2. The van der Waals surface area contributed by atoms with Crippen LogP contribution in [0.25, 0.3) is 0 Å². The van der Waals surface area contributed by atoms with Crippen LogP contribution in [0.15, 0.2) is 24.3 Å². The SMILES string of the molecule is CC.Cc1ccc(CCC(=O)O)cc1.O=C1CCC(=O)N1. The molecule has 5 heteroatoms. The molecule has 1 saturated heterocycles. The van der Waals surface area contributed by atoms with Gasteiger partial charge in [-0.3, -0.25) is 19.7 Å². The monoisotopic (exact) mass is 293 g/mol. The summed E-state index contributed by atoms with van der Waals surface area (Å²) in [6.45, 7) is 6.01. The first kappa shape index (κ1) is 18.8. The largest absolute Gasteiger partial charge is 0.481 e. The Hall–Kier alpha value is -2.17. The summed E-state index contributed by atoms with van der Waals surface area (Å²) in [4.78, 5) is 30.5. The number of carboxylic acids is 1. The maximum absolute atomic E-state index is 10.2. The zero-order valence-corrected chi connectivity index (χ0v) is 12.8. The van der Waals surface area contributed by atoms with E-state index in [1.54, 1.807) is 0 Å². The molecule has 0 bridgehead atoms. The van der Waals surface area contributed by atoms with E-state index in [4.69, 9.17) is 5.11 Å². The summed E-state index contributed by atoms with van der Waals surface area (Å²) in [6, 6.07) is 7.94. The van der Waals surface area contributed by atoms with E-state index in [0.29, 0.717) is 19.3 Å². The average Bonchev–Trinajstić information content (AvgIpc) is 2.84. The fourth-order valence-electron chi connectivity index (χ4n) is 1.51. The highest BCUT2D eigenvalue weighted by atomic mass is 16.4. The number of carboxylic acid groups (broad SMARTS) is 1. The number of benzene rings is 1. The van der Waals surface area contributed by atoms with Gasteiger partial charge >= 0.3 is 5.97 Å². The van der Waals surface area contributed by atoms with Gasteiger partial charge in [0.15, 0.2) is 0 Å². The smallest absolute Gasteiger partial charge is 0.303 e. The van der Waals surface area contributed by atoms with Gasteiger partial charge in [-0.1, -0.05) is 43.7 Å². The summed E-state index contributed by atoms with van der Waals surface area (Å²) < 4.78 is 0. The molecule has 21 heavy (non-hydrogen) atoms. The Kier molecular flexibility index (Phi) is 9.50. The summed E-state index contributed by atoms with van der Waals surface area (Å²) in [5.74, 6) is -1.04. The van der Waals surface area contributed by atoms with Crippen molar-refractivity contribution >= 4 is 17.8 Å². The molecule has 1 fully saturated rings. The molecule has 0 aromatic heterocycles. The first-order valence-corrected chi connectivity index (χ1v) is 7.07. The Morgan fingerprint density at radius 3 is 1.90 bits per heavy atom. The highest BCUT2D eigenvalue weighted by molar-refractivity contribution is 6.01. The van der Waals surface area contributed by atoms with Gasteiger partial charge in [-0.2, -0.15) is 0 Å². The molecular weight excluding hydrogens is 270 g/mol. The van der Waals surface area contributed by atoms with E-state index in [1.807, 2.05) is 45.0 Å². The number of imide groups is 1. The number of carbonyl (C=O) groups excluding carboxylic acids is 2. The van der Waals surface area contributed by atoms with Gasteiger partial charge in [0.2, 0.25) is 11.8 Å². The lowest BCUT2D eigenvalue weighted by molar-refractivity contribution is -0.137. The summed E-state index contributed by atoms with van der Waals surface area (Å²) in [5.41, 5.74) is 2.29. The number of aliphatic carboxylic acids is 1. The molecule has 1 heterocycles. The zero-order chi connectivity index (χ0) is 16.3. The minimum absolute atomic E-state index is 0.148. The van der Waals surface area contributed by atoms with Gasteiger partial charge in [0.1, 0.15) is 0 Å². The van der Waals surface area contributed by atoms with Crippen LogP contribution in [0, 0.1) is 6.92 Å². The number of rotatable bonds is 3.